The Kier molecular flexibility index (Phi) is 3.11. The molecule has 0 aromatic heterocycles. The highest BCUT2D eigenvalue weighted by molar-refractivity contribution is 5.40. The summed E-state index contributed by atoms with van der Waals surface area (Å²) >= 11 is 0. The fourth-order valence-corrected chi connectivity index (χ4v) is 0.998. The molecule has 0 saturated heterocycles. The van der Waals surface area contributed by atoms with Crippen molar-refractivity contribution in [3.05, 3.63) is 45.6 Å². The van der Waals surface area contributed by atoms with Crippen molar-refractivity contribution in [2.75, 3.05) is 6.67 Å². The quantitative estimate of drug-likeness (QED) is 0.556. The second-order valence-corrected chi connectivity index (χ2v) is 2.84. The first-order valence-electron chi connectivity index (χ1n) is 3.89. The Morgan fingerprint density at radius 3 is 2.64 bits per heavy atom. The van der Waals surface area contributed by atoms with E-state index in [0.29, 0.717) is 11.5 Å². The molecule has 14 heavy (non-hydrogen) atoms. The number of alkyl halides is 1. The van der Waals surface area contributed by atoms with Gasteiger partial charge in [-0.25, -0.2) is 0 Å². The van der Waals surface area contributed by atoms with Crippen molar-refractivity contribution in [1.29, 1.82) is 0 Å². The van der Waals surface area contributed by atoms with Gasteiger partial charge in [-0.05, 0) is 11.6 Å². The van der Waals surface area contributed by atoms with E-state index in [1.807, 2.05) is 0 Å². The van der Waals surface area contributed by atoms with E-state index in [2.05, 4.69) is 0 Å². The van der Waals surface area contributed by atoms with Crippen molar-refractivity contribution in [2.24, 2.45) is 0 Å². The predicted molar refractivity (Wildman–Crippen MR) is 47.0 cm³/mol. The van der Waals surface area contributed by atoms with Gasteiger partial charge in [0, 0.05) is 12.0 Å². The number of nitrogens with zero attached hydrogens (tertiary/aromatic N) is 1. The Morgan fingerprint density at radius 2 is 2.21 bits per heavy atom. The number of halogens is 2. The maximum absolute atomic E-state index is 13.0. The minimum atomic E-state index is -0.944. The number of hydrogen-bond donors (Lipinski definition) is 0. The largest absolute Gasteiger partial charge is 0.304 e. The molecule has 3 nitrogen and oxygen atoms in total. The molecular formula is C9H8F2NO2. The van der Waals surface area contributed by atoms with Gasteiger partial charge in [0.15, 0.2) is 0 Å². The van der Waals surface area contributed by atoms with E-state index in [0.717, 1.165) is 12.1 Å². The molecule has 1 rings (SSSR count). The molecule has 0 N–H and O–H groups in total. The van der Waals surface area contributed by atoms with Crippen LogP contribution < -0.4 is 0 Å². The highest BCUT2D eigenvalue weighted by Crippen LogP contribution is 2.22. The van der Waals surface area contributed by atoms with Gasteiger partial charge in [0.05, 0.1) is 11.6 Å². The first-order valence-corrected chi connectivity index (χ1v) is 3.89. The normalized spacial score (nSPS) is 10.6. The third-order valence-corrected chi connectivity index (χ3v) is 1.84. The van der Waals surface area contributed by atoms with Crippen molar-refractivity contribution in [3.63, 3.8) is 0 Å². The predicted octanol–water partition coefficient (Wildman–Crippen LogP) is 2.65. The van der Waals surface area contributed by atoms with Gasteiger partial charge in [-0.3, -0.25) is 14.5 Å². The van der Waals surface area contributed by atoms with Crippen LogP contribution >= 0.6 is 0 Å². The molecule has 75 valence electrons. The molecule has 0 heterocycles. The van der Waals surface area contributed by atoms with Crippen LogP contribution in [0.25, 0.3) is 0 Å². The molecule has 0 fully saturated rings. The van der Waals surface area contributed by atoms with E-state index < -0.39 is 23.1 Å². The molecule has 1 radical (unpaired) electrons. The average Bonchev–Trinajstić information content (AvgIpc) is 2.15. The molecule has 1 aromatic rings. The summed E-state index contributed by atoms with van der Waals surface area (Å²) in [7, 11) is 0. The molecule has 0 saturated carbocycles. The topological polar surface area (TPSA) is 43.1 Å². The highest BCUT2D eigenvalue weighted by Gasteiger charge is 2.16. The summed E-state index contributed by atoms with van der Waals surface area (Å²) in [6.07, 6.45) is 0. The standard InChI is InChI=1S/C9H8F2NO2/c1-6(5-10)7-2-3-9(12(13)14)8(11)4-7/h2-4H,5H2,1H3. The molecule has 5 heteroatoms. The van der Waals surface area contributed by atoms with E-state index in [4.69, 9.17) is 0 Å². The molecule has 0 aliphatic carbocycles. The van der Waals surface area contributed by atoms with Crippen LogP contribution in [0.1, 0.15) is 12.5 Å². The smallest absolute Gasteiger partial charge is 0.258 e. The second-order valence-electron chi connectivity index (χ2n) is 2.84. The van der Waals surface area contributed by atoms with Gasteiger partial charge in [0.25, 0.3) is 0 Å². The minimum Gasteiger partial charge on any atom is -0.258 e. The molecule has 0 bridgehead atoms. The summed E-state index contributed by atoms with van der Waals surface area (Å²) in [5, 5.41) is 10.3. The van der Waals surface area contributed by atoms with E-state index in [-0.39, 0.29) is 0 Å². The maximum atomic E-state index is 13.0. The Bertz CT molecular complexity index is 355. The van der Waals surface area contributed by atoms with Crippen LogP contribution in [0, 0.1) is 21.8 Å². The number of benzene rings is 1. The van der Waals surface area contributed by atoms with Gasteiger partial charge < -0.3 is 0 Å². The van der Waals surface area contributed by atoms with Crippen LogP contribution in [0.3, 0.4) is 0 Å². The Balaban J connectivity index is 3.06. The van der Waals surface area contributed by atoms with Gasteiger partial charge in [-0.1, -0.05) is 13.0 Å². The average molecular weight is 200 g/mol. The van der Waals surface area contributed by atoms with Gasteiger partial charge >= 0.3 is 5.69 Å². The van der Waals surface area contributed by atoms with Crippen molar-refractivity contribution < 1.29 is 13.7 Å². The van der Waals surface area contributed by atoms with Gasteiger partial charge in [-0.2, -0.15) is 4.39 Å². The van der Waals surface area contributed by atoms with Crippen LogP contribution in [-0.2, 0) is 0 Å². The van der Waals surface area contributed by atoms with E-state index >= 15 is 0 Å². The molecule has 0 spiro atoms. The molecule has 1 aromatic carbocycles. The summed E-state index contributed by atoms with van der Waals surface area (Å²) < 4.78 is 25.2. The van der Waals surface area contributed by atoms with Crippen molar-refractivity contribution in [1.82, 2.24) is 0 Å². The molecule has 0 unspecified atom stereocenters. The minimum absolute atomic E-state index is 0.343. The third-order valence-electron chi connectivity index (χ3n) is 1.84. The molecule has 0 atom stereocenters. The summed E-state index contributed by atoms with van der Waals surface area (Å²) in [5.74, 6) is -0.598. The number of nitro groups is 1. The van der Waals surface area contributed by atoms with Gasteiger partial charge in [0.2, 0.25) is 5.82 Å². The first-order chi connectivity index (χ1) is 6.56. The maximum Gasteiger partial charge on any atom is 0.304 e. The summed E-state index contributed by atoms with van der Waals surface area (Å²) in [5.41, 5.74) is -0.254. The van der Waals surface area contributed by atoms with Crippen molar-refractivity contribution in [3.8, 4) is 0 Å². The molecule has 0 amide bonds. The molecule has 0 aliphatic rings. The summed E-state index contributed by atoms with van der Waals surface area (Å²) in [6, 6.07) is 3.33. The van der Waals surface area contributed by atoms with Crippen LogP contribution in [0.5, 0.6) is 0 Å². The monoisotopic (exact) mass is 200 g/mol. The lowest BCUT2D eigenvalue weighted by atomic mass is 10.0. The highest BCUT2D eigenvalue weighted by atomic mass is 19.1. The third kappa shape index (κ3) is 2.04. The van der Waals surface area contributed by atoms with Gasteiger partial charge in [0.1, 0.15) is 0 Å². The fraction of sp³-hybridized carbons (Fsp3) is 0.222. The van der Waals surface area contributed by atoms with Gasteiger partial charge in [-0.15, -0.1) is 0 Å². The second kappa shape index (κ2) is 4.13. The van der Waals surface area contributed by atoms with Crippen LogP contribution in [0.2, 0.25) is 0 Å². The number of nitro benzene ring substituents is 1. The Morgan fingerprint density at radius 1 is 1.57 bits per heavy atom. The van der Waals surface area contributed by atoms with Crippen molar-refractivity contribution >= 4 is 5.69 Å². The SMILES string of the molecule is C[C](CF)c1ccc([N+](=O)[O-])c(F)c1. The fourth-order valence-electron chi connectivity index (χ4n) is 0.998. The van der Waals surface area contributed by atoms with E-state index in [9.17, 15) is 18.9 Å². The Hall–Kier alpha value is -1.52. The summed E-state index contributed by atoms with van der Waals surface area (Å²) in [6.45, 7) is 0.803. The summed E-state index contributed by atoms with van der Waals surface area (Å²) in [4.78, 5) is 9.44. The number of hydrogen-bond acceptors (Lipinski definition) is 2. The van der Waals surface area contributed by atoms with Crippen LogP contribution in [-0.4, -0.2) is 11.6 Å². The number of rotatable bonds is 3. The molecule has 0 aliphatic heterocycles. The molecular weight excluding hydrogens is 192 g/mol. The first kappa shape index (κ1) is 10.6. The van der Waals surface area contributed by atoms with E-state index in [1.54, 1.807) is 0 Å². The van der Waals surface area contributed by atoms with Crippen LogP contribution in [0.4, 0.5) is 14.5 Å². The lowest BCUT2D eigenvalue weighted by Gasteiger charge is -2.05. The Labute approximate surface area is 79.5 Å². The lowest BCUT2D eigenvalue weighted by molar-refractivity contribution is -0.387. The lowest BCUT2D eigenvalue weighted by Crippen LogP contribution is -1.99. The zero-order valence-electron chi connectivity index (χ0n) is 7.46. The van der Waals surface area contributed by atoms with E-state index in [1.165, 1.54) is 13.0 Å². The zero-order valence-corrected chi connectivity index (χ0v) is 7.46. The zero-order chi connectivity index (χ0) is 10.7. The van der Waals surface area contributed by atoms with Crippen molar-refractivity contribution in [2.45, 2.75) is 6.92 Å². The van der Waals surface area contributed by atoms with Crippen LogP contribution in [0.15, 0.2) is 18.2 Å².